The van der Waals surface area contributed by atoms with Crippen LogP contribution in [-0.2, 0) is 11.2 Å². The van der Waals surface area contributed by atoms with Gasteiger partial charge in [-0.1, -0.05) is 24.3 Å². The molecule has 29 heavy (non-hydrogen) atoms. The number of ether oxygens (including phenoxy) is 3. The molecule has 1 N–H and O–H groups in total. The number of carboxylic acid groups (broad SMARTS) is 1. The number of amides is 1. The van der Waals surface area contributed by atoms with Crippen LogP contribution in [0, 0.1) is 0 Å². The third kappa shape index (κ3) is 4.80. The lowest BCUT2D eigenvalue weighted by Gasteiger charge is -2.33. The van der Waals surface area contributed by atoms with E-state index in [0.717, 1.165) is 0 Å². The number of likely N-dealkylation sites (tertiary alicyclic amines) is 1. The Labute approximate surface area is 169 Å². The number of nitrogens with zero attached hydrogens (tertiary/aromatic N) is 1. The van der Waals surface area contributed by atoms with E-state index >= 15 is 0 Å². The summed E-state index contributed by atoms with van der Waals surface area (Å²) < 4.78 is 16.9. The highest BCUT2D eigenvalue weighted by Crippen LogP contribution is 2.38. The molecule has 2 aromatic rings. The molecule has 0 spiro atoms. The Morgan fingerprint density at radius 2 is 1.62 bits per heavy atom. The standard InChI is InChI=1S/C22H25NO6/c1-27-18-8-5-9-19(28-2)21(18)29-16-10-12-23(13-11-16)20(24)14-15-6-3-4-7-17(15)22(25)26/h3-9,16H,10-14H2,1-2H3,(H,25,26). The SMILES string of the molecule is COc1cccc(OC)c1OC1CCN(C(=O)Cc2ccccc2C(=O)O)CC1. The van der Waals surface area contributed by atoms with Crippen molar-refractivity contribution in [2.45, 2.75) is 25.4 Å². The zero-order valence-electron chi connectivity index (χ0n) is 16.6. The number of carboxylic acids is 1. The Morgan fingerprint density at radius 1 is 1.00 bits per heavy atom. The quantitative estimate of drug-likeness (QED) is 0.770. The monoisotopic (exact) mass is 399 g/mol. The molecule has 154 valence electrons. The van der Waals surface area contributed by atoms with E-state index in [9.17, 15) is 14.7 Å². The molecule has 1 saturated heterocycles. The summed E-state index contributed by atoms with van der Waals surface area (Å²) in [5.41, 5.74) is 0.699. The molecule has 3 rings (SSSR count). The van der Waals surface area contributed by atoms with Crippen LogP contribution in [0.1, 0.15) is 28.8 Å². The maximum Gasteiger partial charge on any atom is 0.335 e. The first-order chi connectivity index (χ1) is 14.0. The Bertz CT molecular complexity index is 851. The molecule has 0 aromatic heterocycles. The van der Waals surface area contributed by atoms with Gasteiger partial charge < -0.3 is 24.2 Å². The van der Waals surface area contributed by atoms with Crippen LogP contribution in [-0.4, -0.2) is 55.3 Å². The maximum atomic E-state index is 12.7. The summed E-state index contributed by atoms with van der Waals surface area (Å²) >= 11 is 0. The molecule has 2 aromatic carbocycles. The van der Waals surface area contributed by atoms with Gasteiger partial charge in [0.2, 0.25) is 11.7 Å². The molecule has 0 bridgehead atoms. The van der Waals surface area contributed by atoms with Crippen LogP contribution in [0.15, 0.2) is 42.5 Å². The van der Waals surface area contributed by atoms with Crippen molar-refractivity contribution < 1.29 is 28.9 Å². The second-order valence-electron chi connectivity index (χ2n) is 6.83. The molecule has 0 atom stereocenters. The predicted molar refractivity (Wildman–Crippen MR) is 107 cm³/mol. The van der Waals surface area contributed by atoms with Crippen LogP contribution < -0.4 is 14.2 Å². The lowest BCUT2D eigenvalue weighted by molar-refractivity contribution is -0.132. The minimum atomic E-state index is -1.02. The summed E-state index contributed by atoms with van der Waals surface area (Å²) in [5.74, 6) is 0.678. The largest absolute Gasteiger partial charge is 0.493 e. The summed E-state index contributed by atoms with van der Waals surface area (Å²) in [6.07, 6.45) is 1.37. The number of carbonyl (C=O) groups excluding carboxylic acids is 1. The number of carbonyl (C=O) groups is 2. The van der Waals surface area contributed by atoms with E-state index in [4.69, 9.17) is 14.2 Å². The molecule has 7 heteroatoms. The van der Waals surface area contributed by atoms with Crippen molar-refractivity contribution in [3.63, 3.8) is 0 Å². The number of hydrogen-bond donors (Lipinski definition) is 1. The molecular weight excluding hydrogens is 374 g/mol. The van der Waals surface area contributed by atoms with E-state index in [1.54, 1.807) is 37.3 Å². The van der Waals surface area contributed by atoms with Crippen LogP contribution in [0.2, 0.25) is 0 Å². The fraction of sp³-hybridized carbons (Fsp3) is 0.364. The van der Waals surface area contributed by atoms with Gasteiger partial charge in [-0.2, -0.15) is 0 Å². The molecule has 1 aliphatic rings. The Balaban J connectivity index is 1.60. The van der Waals surface area contributed by atoms with Crippen molar-refractivity contribution >= 4 is 11.9 Å². The molecule has 0 unspecified atom stereocenters. The van der Waals surface area contributed by atoms with E-state index in [1.807, 2.05) is 18.2 Å². The van der Waals surface area contributed by atoms with Gasteiger partial charge >= 0.3 is 5.97 Å². The lowest BCUT2D eigenvalue weighted by atomic mass is 10.0. The average molecular weight is 399 g/mol. The maximum absolute atomic E-state index is 12.7. The first kappa shape index (κ1) is 20.5. The average Bonchev–Trinajstić information content (AvgIpc) is 2.74. The first-order valence-corrected chi connectivity index (χ1v) is 9.50. The summed E-state index contributed by atoms with van der Waals surface area (Å²) in [6, 6.07) is 12.1. The van der Waals surface area contributed by atoms with Gasteiger partial charge in [-0.25, -0.2) is 4.79 Å². The van der Waals surface area contributed by atoms with Crippen LogP contribution in [0.25, 0.3) is 0 Å². The third-order valence-corrected chi connectivity index (χ3v) is 5.05. The zero-order valence-corrected chi connectivity index (χ0v) is 16.6. The summed E-state index contributed by atoms with van der Waals surface area (Å²) in [6.45, 7) is 1.10. The highest BCUT2D eigenvalue weighted by atomic mass is 16.5. The molecule has 1 fully saturated rings. The minimum absolute atomic E-state index is 0.0597. The van der Waals surface area contributed by atoms with Gasteiger partial charge in [-0.3, -0.25) is 4.79 Å². The highest BCUT2D eigenvalue weighted by Gasteiger charge is 2.26. The number of aromatic carboxylic acids is 1. The predicted octanol–water partition coefficient (Wildman–Crippen LogP) is 3.01. The normalized spacial score (nSPS) is 14.3. The first-order valence-electron chi connectivity index (χ1n) is 9.50. The van der Waals surface area contributed by atoms with Gasteiger partial charge in [-0.15, -0.1) is 0 Å². The van der Waals surface area contributed by atoms with Gasteiger partial charge in [0.15, 0.2) is 11.5 Å². The fourth-order valence-corrected chi connectivity index (χ4v) is 3.48. The van der Waals surface area contributed by atoms with Crippen molar-refractivity contribution in [2.75, 3.05) is 27.3 Å². The molecule has 1 amide bonds. The van der Waals surface area contributed by atoms with Crippen LogP contribution in [0.4, 0.5) is 0 Å². The zero-order chi connectivity index (χ0) is 20.8. The van der Waals surface area contributed by atoms with Crippen LogP contribution in [0.5, 0.6) is 17.2 Å². The van der Waals surface area contributed by atoms with Crippen molar-refractivity contribution in [1.29, 1.82) is 0 Å². The van der Waals surface area contributed by atoms with E-state index in [2.05, 4.69) is 0 Å². The van der Waals surface area contributed by atoms with E-state index in [0.29, 0.717) is 48.7 Å². The Morgan fingerprint density at radius 3 is 2.21 bits per heavy atom. The van der Waals surface area contributed by atoms with Crippen molar-refractivity contribution in [1.82, 2.24) is 4.90 Å². The van der Waals surface area contributed by atoms with Crippen molar-refractivity contribution in [3.05, 3.63) is 53.6 Å². The molecule has 0 aliphatic carbocycles. The molecule has 7 nitrogen and oxygen atoms in total. The van der Waals surface area contributed by atoms with Crippen molar-refractivity contribution in [2.24, 2.45) is 0 Å². The van der Waals surface area contributed by atoms with Crippen LogP contribution in [0.3, 0.4) is 0 Å². The molecule has 0 radical (unpaired) electrons. The Hall–Kier alpha value is -3.22. The molecular formula is C22H25NO6. The number of rotatable bonds is 7. The second kappa shape index (κ2) is 9.32. The summed E-state index contributed by atoms with van der Waals surface area (Å²) in [7, 11) is 3.16. The molecule has 0 saturated carbocycles. The van der Waals surface area contributed by atoms with Crippen LogP contribution >= 0.6 is 0 Å². The third-order valence-electron chi connectivity index (χ3n) is 5.05. The highest BCUT2D eigenvalue weighted by molar-refractivity contribution is 5.91. The number of benzene rings is 2. The van der Waals surface area contributed by atoms with Gasteiger partial charge in [0.1, 0.15) is 6.10 Å². The van der Waals surface area contributed by atoms with E-state index in [-0.39, 0.29) is 24.0 Å². The smallest absolute Gasteiger partial charge is 0.335 e. The fourth-order valence-electron chi connectivity index (χ4n) is 3.48. The number of para-hydroxylation sites is 1. The van der Waals surface area contributed by atoms with E-state index < -0.39 is 5.97 Å². The summed E-state index contributed by atoms with van der Waals surface area (Å²) in [5, 5.41) is 9.29. The van der Waals surface area contributed by atoms with Gasteiger partial charge in [0.05, 0.1) is 26.2 Å². The number of methoxy groups -OCH3 is 2. The van der Waals surface area contributed by atoms with E-state index in [1.165, 1.54) is 6.07 Å². The Kier molecular flexibility index (Phi) is 6.59. The second-order valence-corrected chi connectivity index (χ2v) is 6.83. The number of hydrogen-bond acceptors (Lipinski definition) is 5. The topological polar surface area (TPSA) is 85.3 Å². The van der Waals surface area contributed by atoms with Gasteiger partial charge in [-0.05, 0) is 23.8 Å². The van der Waals surface area contributed by atoms with Crippen molar-refractivity contribution in [3.8, 4) is 17.2 Å². The molecule has 1 heterocycles. The summed E-state index contributed by atoms with van der Waals surface area (Å²) in [4.78, 5) is 25.8. The van der Waals surface area contributed by atoms with Gasteiger partial charge in [0.25, 0.3) is 0 Å². The minimum Gasteiger partial charge on any atom is -0.493 e. The number of piperidine rings is 1. The molecule has 1 aliphatic heterocycles. The lowest BCUT2D eigenvalue weighted by Crippen LogP contribution is -2.42. The van der Waals surface area contributed by atoms with Gasteiger partial charge in [0, 0.05) is 25.9 Å².